The van der Waals surface area contributed by atoms with Gasteiger partial charge in [0.05, 0.1) is 5.60 Å². The number of aromatic nitrogens is 2. The molecule has 1 aliphatic carbocycles. The van der Waals surface area contributed by atoms with Crippen molar-refractivity contribution in [1.29, 1.82) is 0 Å². The molecule has 2 heterocycles. The maximum Gasteiger partial charge on any atom is 0.205 e. The Labute approximate surface area is 93.1 Å². The number of nitrogens with zero attached hydrogens (tertiary/aromatic N) is 3. The third-order valence-corrected chi connectivity index (χ3v) is 3.89. The van der Waals surface area contributed by atoms with Gasteiger partial charge in [0, 0.05) is 30.5 Å². The van der Waals surface area contributed by atoms with Crippen LogP contribution in [-0.4, -0.2) is 33.2 Å². The molecule has 0 bridgehead atoms. The van der Waals surface area contributed by atoms with E-state index in [-0.39, 0.29) is 0 Å². The maximum absolute atomic E-state index is 9.87. The van der Waals surface area contributed by atoms with Crippen LogP contribution < -0.4 is 4.90 Å². The van der Waals surface area contributed by atoms with Crippen LogP contribution >= 0.6 is 11.5 Å². The van der Waals surface area contributed by atoms with Crippen LogP contribution in [0.4, 0.5) is 5.13 Å². The van der Waals surface area contributed by atoms with Crippen LogP contribution in [0.2, 0.25) is 0 Å². The zero-order valence-corrected chi connectivity index (χ0v) is 9.63. The van der Waals surface area contributed by atoms with Crippen molar-refractivity contribution in [2.24, 2.45) is 0 Å². The van der Waals surface area contributed by atoms with Gasteiger partial charge in [-0.3, -0.25) is 0 Å². The molecule has 15 heavy (non-hydrogen) atoms. The van der Waals surface area contributed by atoms with E-state index >= 15 is 0 Å². The lowest BCUT2D eigenvalue weighted by Gasteiger charge is -2.17. The lowest BCUT2D eigenvalue weighted by atomic mass is 10.1. The molecule has 1 aliphatic heterocycles. The van der Waals surface area contributed by atoms with Crippen LogP contribution in [-0.2, 0) is 0 Å². The fraction of sp³-hybridized carbons (Fsp3) is 0.800. The summed E-state index contributed by atoms with van der Waals surface area (Å²) in [5, 5.41) is 10.9. The van der Waals surface area contributed by atoms with Crippen LogP contribution in [0.15, 0.2) is 0 Å². The molecule has 1 saturated heterocycles. The Bertz CT molecular complexity index is 372. The quantitative estimate of drug-likeness (QED) is 0.826. The topological polar surface area (TPSA) is 49.2 Å². The molecule has 1 aromatic rings. The first kappa shape index (κ1) is 9.54. The lowest BCUT2D eigenvalue weighted by Crippen LogP contribution is -2.29. The van der Waals surface area contributed by atoms with Crippen molar-refractivity contribution in [3.8, 4) is 0 Å². The molecule has 4 nitrogen and oxygen atoms in total. The first-order valence-electron chi connectivity index (χ1n) is 5.45. The van der Waals surface area contributed by atoms with Gasteiger partial charge >= 0.3 is 0 Å². The van der Waals surface area contributed by atoms with E-state index in [1.165, 1.54) is 24.4 Å². The molecule has 5 heteroatoms. The third-order valence-electron chi connectivity index (χ3n) is 3.10. The highest BCUT2D eigenvalue weighted by Gasteiger charge is 2.34. The van der Waals surface area contributed by atoms with E-state index < -0.39 is 5.60 Å². The summed E-state index contributed by atoms with van der Waals surface area (Å²) in [5.74, 6) is 1.64. The SMILES string of the molecule is CC1(O)CCN(c2nc(C3CC3)ns2)C1. The maximum atomic E-state index is 9.87. The molecule has 82 valence electrons. The highest BCUT2D eigenvalue weighted by molar-refractivity contribution is 7.09. The summed E-state index contributed by atoms with van der Waals surface area (Å²) < 4.78 is 4.38. The summed E-state index contributed by atoms with van der Waals surface area (Å²) >= 11 is 1.47. The van der Waals surface area contributed by atoms with Gasteiger partial charge in [0.1, 0.15) is 5.82 Å². The minimum absolute atomic E-state index is 0.550. The first-order valence-corrected chi connectivity index (χ1v) is 6.22. The number of anilines is 1. The van der Waals surface area contributed by atoms with Gasteiger partial charge in [0.25, 0.3) is 0 Å². The van der Waals surface area contributed by atoms with Crippen molar-refractivity contribution in [2.45, 2.75) is 37.7 Å². The summed E-state index contributed by atoms with van der Waals surface area (Å²) in [6, 6.07) is 0. The van der Waals surface area contributed by atoms with Crippen molar-refractivity contribution >= 4 is 16.7 Å². The summed E-state index contributed by atoms with van der Waals surface area (Å²) in [6.45, 7) is 3.47. The zero-order chi connectivity index (χ0) is 10.5. The zero-order valence-electron chi connectivity index (χ0n) is 8.81. The van der Waals surface area contributed by atoms with Gasteiger partial charge in [0.15, 0.2) is 0 Å². The normalized spacial score (nSPS) is 31.2. The van der Waals surface area contributed by atoms with Crippen LogP contribution in [0.25, 0.3) is 0 Å². The second-order valence-corrected chi connectivity index (χ2v) is 5.61. The Balaban J connectivity index is 1.75. The largest absolute Gasteiger partial charge is 0.388 e. The number of hydrogen-bond acceptors (Lipinski definition) is 5. The fourth-order valence-corrected chi connectivity index (χ4v) is 2.74. The van der Waals surface area contributed by atoms with Crippen molar-refractivity contribution < 1.29 is 5.11 Å². The standard InChI is InChI=1S/C10H15N3OS/c1-10(14)4-5-13(6-10)9-11-8(12-15-9)7-2-3-7/h7,14H,2-6H2,1H3. The van der Waals surface area contributed by atoms with Gasteiger partial charge < -0.3 is 10.0 Å². The number of aliphatic hydroxyl groups is 1. The van der Waals surface area contributed by atoms with Crippen molar-refractivity contribution in [1.82, 2.24) is 9.36 Å². The summed E-state index contributed by atoms with van der Waals surface area (Å²) in [6.07, 6.45) is 3.31. The van der Waals surface area contributed by atoms with E-state index in [0.717, 1.165) is 23.9 Å². The first-order chi connectivity index (χ1) is 7.14. The Kier molecular flexibility index (Phi) is 2.01. The highest BCUT2D eigenvalue weighted by Crippen LogP contribution is 2.40. The molecule has 0 radical (unpaired) electrons. The van der Waals surface area contributed by atoms with Gasteiger partial charge in [-0.2, -0.15) is 4.37 Å². The van der Waals surface area contributed by atoms with E-state index in [1.807, 2.05) is 6.92 Å². The van der Waals surface area contributed by atoms with Gasteiger partial charge in [-0.25, -0.2) is 4.98 Å². The van der Waals surface area contributed by atoms with E-state index in [2.05, 4.69) is 14.3 Å². The van der Waals surface area contributed by atoms with Gasteiger partial charge in [-0.15, -0.1) is 0 Å². The minimum Gasteiger partial charge on any atom is -0.388 e. The molecule has 1 atom stereocenters. The molecule has 3 rings (SSSR count). The smallest absolute Gasteiger partial charge is 0.205 e. The molecule has 0 aromatic carbocycles. The molecule has 2 aliphatic rings. The minimum atomic E-state index is -0.550. The summed E-state index contributed by atoms with van der Waals surface area (Å²) in [7, 11) is 0. The number of hydrogen-bond donors (Lipinski definition) is 1. The van der Waals surface area contributed by atoms with Gasteiger partial charge in [-0.1, -0.05) is 0 Å². The summed E-state index contributed by atoms with van der Waals surface area (Å²) in [4.78, 5) is 6.68. The molecule has 2 fully saturated rings. The Hall–Kier alpha value is -0.680. The molecule has 1 saturated carbocycles. The molecule has 0 spiro atoms. The summed E-state index contributed by atoms with van der Waals surface area (Å²) in [5.41, 5.74) is -0.550. The Morgan fingerprint density at radius 1 is 1.53 bits per heavy atom. The van der Waals surface area contributed by atoms with Crippen LogP contribution in [0.5, 0.6) is 0 Å². The average Bonchev–Trinajstić information content (AvgIpc) is 2.79. The van der Waals surface area contributed by atoms with E-state index in [0.29, 0.717) is 12.5 Å². The predicted octanol–water partition coefficient (Wildman–Crippen LogP) is 1.38. The number of rotatable bonds is 2. The Morgan fingerprint density at radius 3 is 2.93 bits per heavy atom. The van der Waals surface area contributed by atoms with Crippen LogP contribution in [0, 0.1) is 0 Å². The van der Waals surface area contributed by atoms with Crippen molar-refractivity contribution in [3.05, 3.63) is 5.82 Å². The second kappa shape index (κ2) is 3.15. The van der Waals surface area contributed by atoms with Crippen molar-refractivity contribution in [2.75, 3.05) is 18.0 Å². The van der Waals surface area contributed by atoms with E-state index in [4.69, 9.17) is 0 Å². The van der Waals surface area contributed by atoms with E-state index in [9.17, 15) is 5.11 Å². The monoisotopic (exact) mass is 225 g/mol. The highest BCUT2D eigenvalue weighted by atomic mass is 32.1. The predicted molar refractivity (Wildman–Crippen MR) is 59.3 cm³/mol. The fourth-order valence-electron chi connectivity index (χ4n) is 1.97. The van der Waals surface area contributed by atoms with Gasteiger partial charge in [-0.05, 0) is 26.2 Å². The molecule has 1 unspecified atom stereocenters. The molecule has 1 aromatic heterocycles. The molecular formula is C10H15N3OS. The van der Waals surface area contributed by atoms with E-state index in [1.54, 1.807) is 0 Å². The third kappa shape index (κ3) is 1.86. The molecular weight excluding hydrogens is 210 g/mol. The van der Waals surface area contributed by atoms with Crippen LogP contribution in [0.1, 0.15) is 37.9 Å². The van der Waals surface area contributed by atoms with Crippen LogP contribution in [0.3, 0.4) is 0 Å². The average molecular weight is 225 g/mol. The lowest BCUT2D eigenvalue weighted by molar-refractivity contribution is 0.0839. The molecule has 0 amide bonds. The van der Waals surface area contributed by atoms with Crippen molar-refractivity contribution in [3.63, 3.8) is 0 Å². The van der Waals surface area contributed by atoms with Gasteiger partial charge in [0.2, 0.25) is 5.13 Å². The number of β-amino-alcohol motifs (C(OH)–C–C–N with tert-alkyl or cyclic N) is 1. The molecule has 1 N–H and O–H groups in total. The second-order valence-electron chi connectivity index (χ2n) is 4.88. The Morgan fingerprint density at radius 2 is 2.33 bits per heavy atom.